The van der Waals surface area contributed by atoms with Gasteiger partial charge in [-0.15, -0.1) is 0 Å². The molecular weight excluding hydrogens is 373 g/mol. The molecule has 0 aromatic heterocycles. The van der Waals surface area contributed by atoms with Gasteiger partial charge in [-0.05, 0) is 45.7 Å². The number of amides is 2. The fourth-order valence-corrected chi connectivity index (χ4v) is 3.34. The van der Waals surface area contributed by atoms with Crippen LogP contribution < -0.4 is 10.7 Å². The van der Waals surface area contributed by atoms with Crippen LogP contribution in [0.4, 0.5) is 9.18 Å². The molecule has 2 N–H and O–H groups in total. The van der Waals surface area contributed by atoms with Crippen LogP contribution in [0.15, 0.2) is 52.5 Å². The molecule has 2 aliphatic heterocycles. The summed E-state index contributed by atoms with van der Waals surface area (Å²) in [5.41, 5.74) is 4.30. The number of rotatable bonds is 4. The van der Waals surface area contributed by atoms with Crippen molar-refractivity contribution in [3.63, 3.8) is 0 Å². The molecule has 4 rings (SSSR count). The van der Waals surface area contributed by atoms with Crippen LogP contribution in [0.3, 0.4) is 0 Å². The number of halogens is 1. The third kappa shape index (κ3) is 3.93. The molecular formula is C21H24FN5O2. The molecule has 1 fully saturated rings. The monoisotopic (exact) mass is 397 g/mol. The molecule has 7 nitrogen and oxygen atoms in total. The van der Waals surface area contributed by atoms with Gasteiger partial charge in [-0.25, -0.2) is 24.6 Å². The lowest BCUT2D eigenvalue weighted by Gasteiger charge is -2.36. The molecule has 0 spiro atoms. The van der Waals surface area contributed by atoms with Crippen LogP contribution in [0.5, 0.6) is 0 Å². The number of nitrogens with zero attached hydrogens (tertiary/aromatic N) is 3. The minimum atomic E-state index is -0.399. The Bertz CT molecular complexity index is 956. The van der Waals surface area contributed by atoms with Crippen molar-refractivity contribution in [3.05, 3.63) is 58.9 Å². The van der Waals surface area contributed by atoms with E-state index in [0.717, 1.165) is 19.1 Å². The first kappa shape index (κ1) is 19.3. The van der Waals surface area contributed by atoms with E-state index in [1.807, 2.05) is 20.8 Å². The van der Waals surface area contributed by atoms with E-state index >= 15 is 0 Å². The van der Waals surface area contributed by atoms with Crippen molar-refractivity contribution >= 4 is 18.0 Å². The molecule has 0 saturated heterocycles. The zero-order chi connectivity index (χ0) is 20.8. The summed E-state index contributed by atoms with van der Waals surface area (Å²) in [6.45, 7) is 6.09. The second kappa shape index (κ2) is 7.11. The SMILES string of the molecule is CC(C)(C)NC(=O)N(C1=CC(c2cccc(F)c2)=NC2=C(C=O)CNN12)C1CC1. The number of nitrogens with one attached hydrogen (secondary N) is 2. The Labute approximate surface area is 168 Å². The van der Waals surface area contributed by atoms with E-state index < -0.39 is 5.54 Å². The van der Waals surface area contributed by atoms with Gasteiger partial charge < -0.3 is 5.32 Å². The van der Waals surface area contributed by atoms with E-state index in [1.54, 1.807) is 28.1 Å². The topological polar surface area (TPSA) is 77.0 Å². The van der Waals surface area contributed by atoms with Crippen molar-refractivity contribution in [1.29, 1.82) is 0 Å². The lowest BCUT2D eigenvalue weighted by atomic mass is 10.1. The van der Waals surface area contributed by atoms with Crippen LogP contribution in [0.1, 0.15) is 39.2 Å². The summed E-state index contributed by atoms with van der Waals surface area (Å²) >= 11 is 0. The highest BCUT2D eigenvalue weighted by atomic mass is 19.1. The van der Waals surface area contributed by atoms with Crippen LogP contribution in [0.25, 0.3) is 0 Å². The smallest absolute Gasteiger partial charge is 0.323 e. The van der Waals surface area contributed by atoms with Gasteiger partial charge in [0.05, 0.1) is 11.3 Å². The number of hydrazine groups is 1. The lowest BCUT2D eigenvalue weighted by Crippen LogP contribution is -2.52. The van der Waals surface area contributed by atoms with Gasteiger partial charge in [-0.1, -0.05) is 12.1 Å². The van der Waals surface area contributed by atoms with Crippen LogP contribution in [-0.4, -0.2) is 46.1 Å². The zero-order valence-electron chi connectivity index (χ0n) is 16.7. The standard InChI is InChI=1S/C21H24FN5O2/c1-21(2,3)25-20(29)26(16-7-8-16)18-10-17(13-5-4-6-15(22)9-13)24-19-14(12-28)11-23-27(18)19/h4-6,9-10,12,16,23H,7-8,11H2,1-3H3,(H,25,29). The highest BCUT2D eigenvalue weighted by Gasteiger charge is 2.41. The number of fused-ring (bicyclic) bond motifs is 1. The van der Waals surface area contributed by atoms with Crippen LogP contribution in [0.2, 0.25) is 0 Å². The molecule has 152 valence electrons. The summed E-state index contributed by atoms with van der Waals surface area (Å²) in [6, 6.07) is 5.98. The van der Waals surface area contributed by atoms with Gasteiger partial charge in [0.1, 0.15) is 11.6 Å². The number of hydrogen-bond donors (Lipinski definition) is 2. The van der Waals surface area contributed by atoms with E-state index in [1.165, 1.54) is 12.1 Å². The maximum absolute atomic E-state index is 13.8. The van der Waals surface area contributed by atoms with E-state index in [9.17, 15) is 14.0 Å². The number of allylic oxidation sites excluding steroid dienone is 1. The summed E-state index contributed by atoms with van der Waals surface area (Å²) in [5.74, 6) is 0.641. The van der Waals surface area contributed by atoms with Gasteiger partial charge in [0.2, 0.25) is 0 Å². The molecule has 1 aliphatic carbocycles. The number of urea groups is 1. The number of aliphatic imine (C=N–C) groups is 1. The average Bonchev–Trinajstić information content (AvgIpc) is 3.38. The van der Waals surface area contributed by atoms with Gasteiger partial charge in [-0.3, -0.25) is 9.69 Å². The molecule has 2 amide bonds. The molecule has 0 radical (unpaired) electrons. The van der Waals surface area contributed by atoms with Gasteiger partial charge in [-0.2, -0.15) is 0 Å². The van der Waals surface area contributed by atoms with E-state index in [-0.39, 0.29) is 17.9 Å². The Morgan fingerprint density at radius 3 is 2.76 bits per heavy atom. The van der Waals surface area contributed by atoms with Crippen molar-refractivity contribution < 1.29 is 14.0 Å². The first-order valence-electron chi connectivity index (χ1n) is 9.66. The van der Waals surface area contributed by atoms with Crippen molar-refractivity contribution in [2.75, 3.05) is 6.54 Å². The summed E-state index contributed by atoms with van der Waals surface area (Å²) < 4.78 is 13.8. The van der Waals surface area contributed by atoms with E-state index in [2.05, 4.69) is 15.7 Å². The van der Waals surface area contributed by atoms with Crippen LogP contribution in [-0.2, 0) is 4.79 Å². The first-order valence-corrected chi connectivity index (χ1v) is 9.66. The van der Waals surface area contributed by atoms with Crippen molar-refractivity contribution in [2.45, 2.75) is 45.2 Å². The number of carbonyl (C=O) groups excluding carboxylic acids is 2. The predicted octanol–water partition coefficient (Wildman–Crippen LogP) is 2.67. The number of hydrogen-bond acceptors (Lipinski definition) is 5. The molecule has 1 aromatic rings. The quantitative estimate of drug-likeness (QED) is 0.766. The third-order valence-electron chi connectivity index (χ3n) is 4.77. The summed E-state index contributed by atoms with van der Waals surface area (Å²) in [7, 11) is 0. The number of carbonyl (C=O) groups is 2. The molecule has 1 aromatic carbocycles. The van der Waals surface area contributed by atoms with Crippen LogP contribution >= 0.6 is 0 Å². The fraction of sp³-hybridized carbons (Fsp3) is 0.381. The van der Waals surface area contributed by atoms with E-state index in [0.29, 0.717) is 35.0 Å². The van der Waals surface area contributed by atoms with Crippen molar-refractivity contribution in [1.82, 2.24) is 20.7 Å². The first-order chi connectivity index (χ1) is 13.8. The molecule has 0 unspecified atom stereocenters. The summed E-state index contributed by atoms with van der Waals surface area (Å²) in [5, 5.41) is 4.69. The highest BCUT2D eigenvalue weighted by Crippen LogP contribution is 2.36. The lowest BCUT2D eigenvalue weighted by molar-refractivity contribution is -0.104. The van der Waals surface area contributed by atoms with E-state index in [4.69, 9.17) is 0 Å². The zero-order valence-corrected chi connectivity index (χ0v) is 16.7. The van der Waals surface area contributed by atoms with Crippen molar-refractivity contribution in [2.24, 2.45) is 4.99 Å². The molecule has 3 aliphatic rings. The Hall–Kier alpha value is -3.00. The molecule has 0 atom stereocenters. The molecule has 1 saturated carbocycles. The Morgan fingerprint density at radius 2 is 2.14 bits per heavy atom. The highest BCUT2D eigenvalue weighted by molar-refractivity contribution is 6.10. The second-order valence-electron chi connectivity index (χ2n) is 8.43. The molecule has 29 heavy (non-hydrogen) atoms. The average molecular weight is 397 g/mol. The third-order valence-corrected chi connectivity index (χ3v) is 4.77. The van der Waals surface area contributed by atoms with Gasteiger partial charge >= 0.3 is 6.03 Å². The molecule has 8 heteroatoms. The largest absolute Gasteiger partial charge is 0.333 e. The molecule has 2 heterocycles. The fourth-order valence-electron chi connectivity index (χ4n) is 3.34. The Balaban J connectivity index is 1.79. The maximum Gasteiger partial charge on any atom is 0.323 e. The summed E-state index contributed by atoms with van der Waals surface area (Å²) in [4.78, 5) is 30.9. The number of benzene rings is 1. The van der Waals surface area contributed by atoms with Crippen LogP contribution in [0, 0.1) is 5.82 Å². The van der Waals surface area contributed by atoms with Crippen molar-refractivity contribution in [3.8, 4) is 0 Å². The Kier molecular flexibility index (Phi) is 4.74. The maximum atomic E-state index is 13.8. The normalized spacial score (nSPS) is 18.8. The van der Waals surface area contributed by atoms with Gasteiger partial charge in [0.25, 0.3) is 0 Å². The second-order valence-corrected chi connectivity index (χ2v) is 8.43. The number of aldehydes is 1. The predicted molar refractivity (Wildman–Crippen MR) is 107 cm³/mol. The molecule has 0 bridgehead atoms. The summed E-state index contributed by atoms with van der Waals surface area (Å²) in [6.07, 6.45) is 4.32. The minimum Gasteiger partial charge on any atom is -0.333 e. The minimum absolute atomic E-state index is 0.0683. The Morgan fingerprint density at radius 1 is 1.38 bits per heavy atom. The van der Waals surface area contributed by atoms with Gasteiger partial charge in [0.15, 0.2) is 12.1 Å². The van der Waals surface area contributed by atoms with Gasteiger partial charge in [0, 0.05) is 29.8 Å².